The fourth-order valence-corrected chi connectivity index (χ4v) is 2.54. The van der Waals surface area contributed by atoms with Gasteiger partial charge in [0.1, 0.15) is 11.6 Å². The largest absolute Gasteiger partial charge is 0.483 e. The van der Waals surface area contributed by atoms with Crippen molar-refractivity contribution in [3.63, 3.8) is 0 Å². The molecule has 29 heavy (non-hydrogen) atoms. The Morgan fingerprint density at radius 2 is 1.97 bits per heavy atom. The molecule has 2 aromatic rings. The number of amidine groups is 1. The average Bonchev–Trinajstić information content (AvgIpc) is 2.69. The Morgan fingerprint density at radius 1 is 1.24 bits per heavy atom. The second-order valence-electron chi connectivity index (χ2n) is 5.84. The Hall–Kier alpha value is -3.66. The fraction of sp³-hybridized carbons (Fsp3) is 0.167. The van der Waals surface area contributed by atoms with E-state index < -0.39 is 10.8 Å². The van der Waals surface area contributed by atoms with E-state index in [1.165, 1.54) is 19.2 Å². The van der Waals surface area contributed by atoms with Crippen molar-refractivity contribution in [2.45, 2.75) is 6.54 Å². The van der Waals surface area contributed by atoms with Crippen molar-refractivity contribution in [3.8, 4) is 5.75 Å². The highest BCUT2D eigenvalue weighted by molar-refractivity contribution is 6.31. The minimum atomic E-state index is -0.645. The third kappa shape index (κ3) is 5.91. The molecule has 0 aliphatic rings. The molecule has 0 heterocycles. The standard InChI is InChI=1S/C18H18ClN5O5/c1-22-16(25)9-29-15-6-10(17(20)21)2-3-11(15)8-23-18(26)12-4-13(19)7-14(5-12)24(27)28/h2-7H,8-9H2,1H3,(H3,20,21)(H,22,25)(H,23,26). The third-order valence-corrected chi connectivity index (χ3v) is 4.03. The van der Waals surface area contributed by atoms with E-state index in [4.69, 9.17) is 27.5 Å². The van der Waals surface area contributed by atoms with Gasteiger partial charge in [-0.2, -0.15) is 0 Å². The summed E-state index contributed by atoms with van der Waals surface area (Å²) in [4.78, 5) is 34.1. The molecular weight excluding hydrogens is 402 g/mol. The second-order valence-corrected chi connectivity index (χ2v) is 6.27. The molecule has 2 rings (SSSR count). The number of likely N-dealkylation sites (N-methyl/N-ethyl adjacent to an activating group) is 1. The number of rotatable bonds is 8. The monoisotopic (exact) mass is 419 g/mol. The maximum absolute atomic E-state index is 12.4. The van der Waals surface area contributed by atoms with Gasteiger partial charge in [-0.1, -0.05) is 23.7 Å². The minimum absolute atomic E-state index is 0.000403. The highest BCUT2D eigenvalue weighted by Crippen LogP contribution is 2.23. The summed E-state index contributed by atoms with van der Waals surface area (Å²) in [6.45, 7) is -0.264. The summed E-state index contributed by atoms with van der Waals surface area (Å²) in [6, 6.07) is 8.22. The highest BCUT2D eigenvalue weighted by atomic mass is 35.5. The first-order chi connectivity index (χ1) is 13.7. The molecule has 0 bridgehead atoms. The number of hydrogen-bond donors (Lipinski definition) is 4. The van der Waals surface area contributed by atoms with E-state index in [9.17, 15) is 19.7 Å². The molecule has 0 aliphatic carbocycles. The molecular formula is C18H18ClN5O5. The van der Waals surface area contributed by atoms with Crippen LogP contribution in [0.25, 0.3) is 0 Å². The zero-order valence-electron chi connectivity index (χ0n) is 15.3. The Labute approximate surface area is 170 Å². The average molecular weight is 420 g/mol. The first-order valence-electron chi connectivity index (χ1n) is 8.25. The van der Waals surface area contributed by atoms with Crippen molar-refractivity contribution in [2.24, 2.45) is 5.73 Å². The molecule has 0 radical (unpaired) electrons. The van der Waals surface area contributed by atoms with E-state index in [1.807, 2.05) is 0 Å². The number of carbonyl (C=O) groups excluding carboxylic acids is 2. The zero-order chi connectivity index (χ0) is 21.6. The number of amides is 2. The number of non-ortho nitro benzene ring substituents is 1. The number of nitrogens with zero attached hydrogens (tertiary/aromatic N) is 1. The number of nitrogen functional groups attached to an aromatic ring is 1. The van der Waals surface area contributed by atoms with Crippen molar-refractivity contribution >= 4 is 34.9 Å². The van der Waals surface area contributed by atoms with Crippen LogP contribution in [-0.4, -0.2) is 36.2 Å². The molecule has 0 spiro atoms. The van der Waals surface area contributed by atoms with Crippen molar-refractivity contribution in [3.05, 3.63) is 68.2 Å². The van der Waals surface area contributed by atoms with Crippen LogP contribution in [0.3, 0.4) is 0 Å². The number of halogens is 1. The number of nitro groups is 1. The predicted octanol–water partition coefficient (Wildman–Crippen LogP) is 1.59. The minimum Gasteiger partial charge on any atom is -0.483 e. The van der Waals surface area contributed by atoms with Gasteiger partial charge in [0.2, 0.25) is 0 Å². The van der Waals surface area contributed by atoms with E-state index in [0.29, 0.717) is 11.1 Å². The lowest BCUT2D eigenvalue weighted by atomic mass is 10.1. The van der Waals surface area contributed by atoms with Crippen LogP contribution in [0.5, 0.6) is 5.75 Å². The first kappa shape index (κ1) is 21.6. The van der Waals surface area contributed by atoms with Crippen LogP contribution >= 0.6 is 11.6 Å². The lowest BCUT2D eigenvalue weighted by molar-refractivity contribution is -0.384. The SMILES string of the molecule is CNC(=O)COc1cc(C(=N)N)ccc1CNC(=O)c1cc(Cl)cc([N+](=O)[O-])c1. The number of carbonyl (C=O) groups is 2. The number of nitrogens with one attached hydrogen (secondary N) is 3. The maximum Gasteiger partial charge on any atom is 0.271 e. The van der Waals surface area contributed by atoms with E-state index in [1.54, 1.807) is 12.1 Å². The molecule has 0 saturated carbocycles. The van der Waals surface area contributed by atoms with Crippen LogP contribution in [0.4, 0.5) is 5.69 Å². The summed E-state index contributed by atoms with van der Waals surface area (Å²) < 4.78 is 5.46. The molecule has 0 unspecified atom stereocenters. The number of ether oxygens (including phenoxy) is 1. The van der Waals surface area contributed by atoms with Gasteiger partial charge in [-0.25, -0.2) is 0 Å². The molecule has 5 N–H and O–H groups in total. The zero-order valence-corrected chi connectivity index (χ0v) is 16.1. The van der Waals surface area contributed by atoms with E-state index in [2.05, 4.69) is 10.6 Å². The van der Waals surface area contributed by atoms with Gasteiger partial charge in [-0.3, -0.25) is 25.1 Å². The summed E-state index contributed by atoms with van der Waals surface area (Å²) >= 11 is 5.84. The predicted molar refractivity (Wildman–Crippen MR) is 106 cm³/mol. The molecule has 0 fully saturated rings. The van der Waals surface area contributed by atoms with E-state index >= 15 is 0 Å². The number of nitrogens with two attached hydrogens (primary N) is 1. The van der Waals surface area contributed by atoms with Crippen LogP contribution in [-0.2, 0) is 11.3 Å². The van der Waals surface area contributed by atoms with Gasteiger partial charge in [0.15, 0.2) is 6.61 Å². The van der Waals surface area contributed by atoms with Gasteiger partial charge in [-0.05, 0) is 12.1 Å². The van der Waals surface area contributed by atoms with Gasteiger partial charge >= 0.3 is 0 Å². The molecule has 152 valence electrons. The molecule has 10 nitrogen and oxygen atoms in total. The van der Waals surface area contributed by atoms with E-state index in [0.717, 1.165) is 12.1 Å². The van der Waals surface area contributed by atoms with Gasteiger partial charge in [0, 0.05) is 47.4 Å². The fourth-order valence-electron chi connectivity index (χ4n) is 2.31. The van der Waals surface area contributed by atoms with Gasteiger partial charge in [0.05, 0.1) is 4.92 Å². The van der Waals surface area contributed by atoms with Crippen molar-refractivity contribution in [1.82, 2.24) is 10.6 Å². The maximum atomic E-state index is 12.4. The Kier molecular flexibility index (Phi) is 7.10. The third-order valence-electron chi connectivity index (χ3n) is 3.81. The van der Waals surface area contributed by atoms with Crippen LogP contribution in [0.1, 0.15) is 21.5 Å². The van der Waals surface area contributed by atoms with Crippen molar-refractivity contribution in [1.29, 1.82) is 5.41 Å². The highest BCUT2D eigenvalue weighted by Gasteiger charge is 2.15. The molecule has 11 heteroatoms. The van der Waals surface area contributed by atoms with Crippen molar-refractivity contribution < 1.29 is 19.2 Å². The quantitative estimate of drug-likeness (QED) is 0.220. The summed E-state index contributed by atoms with van der Waals surface area (Å²) in [5, 5.41) is 23.5. The molecule has 2 amide bonds. The molecule has 0 atom stereocenters. The Balaban J connectivity index is 2.20. The van der Waals surface area contributed by atoms with Crippen molar-refractivity contribution in [2.75, 3.05) is 13.7 Å². The lowest BCUT2D eigenvalue weighted by Crippen LogP contribution is -2.26. The number of nitro benzene ring substituents is 1. The van der Waals surface area contributed by atoms with Crippen LogP contribution in [0.2, 0.25) is 5.02 Å². The topological polar surface area (TPSA) is 160 Å². The van der Waals surface area contributed by atoms with Gasteiger partial charge in [0.25, 0.3) is 17.5 Å². The van der Waals surface area contributed by atoms with Gasteiger partial charge in [-0.15, -0.1) is 0 Å². The van der Waals surface area contributed by atoms with Gasteiger partial charge < -0.3 is 21.1 Å². The smallest absolute Gasteiger partial charge is 0.271 e. The Morgan fingerprint density at radius 3 is 2.59 bits per heavy atom. The molecule has 2 aromatic carbocycles. The lowest BCUT2D eigenvalue weighted by Gasteiger charge is -2.13. The number of hydrogen-bond acceptors (Lipinski definition) is 6. The first-order valence-corrected chi connectivity index (χ1v) is 8.63. The summed E-state index contributed by atoms with van der Waals surface area (Å²) in [6.07, 6.45) is 0. The number of benzene rings is 2. The Bertz CT molecular complexity index is 979. The molecule has 0 aromatic heterocycles. The van der Waals surface area contributed by atoms with Crippen LogP contribution in [0, 0.1) is 15.5 Å². The molecule has 0 saturated heterocycles. The summed E-state index contributed by atoms with van der Waals surface area (Å²) in [5.74, 6) is -0.863. The van der Waals surface area contributed by atoms with Crippen LogP contribution in [0.15, 0.2) is 36.4 Å². The second kappa shape index (κ2) is 9.51. The summed E-state index contributed by atoms with van der Waals surface area (Å²) in [7, 11) is 1.46. The summed E-state index contributed by atoms with van der Waals surface area (Å²) in [5.41, 5.74) is 6.10. The molecule has 0 aliphatic heterocycles. The van der Waals surface area contributed by atoms with E-state index in [-0.39, 0.29) is 46.9 Å². The normalized spacial score (nSPS) is 10.1. The van der Waals surface area contributed by atoms with Crippen LogP contribution < -0.4 is 21.1 Å².